The number of carbonyl (C=O) groups excluding carboxylic acids is 3. The van der Waals surface area contributed by atoms with Crippen molar-refractivity contribution in [1.82, 2.24) is 0 Å². The number of ether oxygens (including phenoxy) is 3. The maximum Gasteiger partial charge on any atom is 0.416 e. The maximum absolute atomic E-state index is 13.4. The van der Waals surface area contributed by atoms with E-state index in [1.165, 1.54) is 37.3 Å². The molecule has 1 unspecified atom stereocenters. The van der Waals surface area contributed by atoms with Crippen LogP contribution in [0, 0.1) is 11.3 Å². The fourth-order valence-corrected chi connectivity index (χ4v) is 3.77. The number of benzene rings is 2. The van der Waals surface area contributed by atoms with Crippen molar-refractivity contribution in [2.24, 2.45) is 5.73 Å². The van der Waals surface area contributed by atoms with E-state index in [1.807, 2.05) is 6.07 Å². The van der Waals surface area contributed by atoms with Crippen molar-refractivity contribution in [3.8, 4) is 6.07 Å². The van der Waals surface area contributed by atoms with Crippen molar-refractivity contribution in [3.05, 3.63) is 87.8 Å². The quantitative estimate of drug-likeness (QED) is 0.257. The highest BCUT2D eigenvalue weighted by Crippen LogP contribution is 2.37. The van der Waals surface area contributed by atoms with Crippen LogP contribution in [0.5, 0.6) is 0 Å². The van der Waals surface area contributed by atoms with E-state index in [0.717, 1.165) is 32.4 Å². The summed E-state index contributed by atoms with van der Waals surface area (Å²) in [7, 11) is 2.18. The number of methoxy groups -OCH3 is 2. The van der Waals surface area contributed by atoms with Gasteiger partial charge in [-0.2, -0.15) is 18.4 Å². The number of rotatable bonds is 9. The normalized spacial score (nSPS) is 13.1. The Hall–Kier alpha value is -4.79. The maximum atomic E-state index is 13.4. The number of esters is 3. The third kappa shape index (κ3) is 7.63. The van der Waals surface area contributed by atoms with E-state index < -0.39 is 47.5 Å². The first-order valence-corrected chi connectivity index (χ1v) is 11.7. The highest BCUT2D eigenvalue weighted by molar-refractivity contribution is 5.99. The Bertz CT molecular complexity index is 1370. The van der Waals surface area contributed by atoms with E-state index in [-0.39, 0.29) is 22.4 Å². The van der Waals surface area contributed by atoms with Gasteiger partial charge in [0.05, 0.1) is 42.9 Å². The Balaban J connectivity index is 2.80. The van der Waals surface area contributed by atoms with E-state index in [4.69, 9.17) is 15.2 Å². The average molecular weight is 560 g/mol. The molecule has 0 aliphatic carbocycles. The van der Waals surface area contributed by atoms with Gasteiger partial charge in [-0.3, -0.25) is 0 Å². The smallest absolute Gasteiger partial charge is 0.416 e. The number of nitrogens with zero attached hydrogens (tertiary/aromatic N) is 1. The lowest BCUT2D eigenvalue weighted by atomic mass is 9.81. The zero-order valence-corrected chi connectivity index (χ0v) is 22.4. The predicted molar refractivity (Wildman–Crippen MR) is 138 cm³/mol. The third-order valence-corrected chi connectivity index (χ3v) is 5.69. The molecule has 2 rings (SSSR count). The molecule has 0 saturated heterocycles. The first-order valence-electron chi connectivity index (χ1n) is 11.7. The van der Waals surface area contributed by atoms with Gasteiger partial charge >= 0.3 is 24.1 Å². The van der Waals surface area contributed by atoms with Gasteiger partial charge < -0.3 is 25.3 Å². The zero-order valence-electron chi connectivity index (χ0n) is 22.4. The number of anilines is 1. The Morgan fingerprint density at radius 3 is 2.10 bits per heavy atom. The molecule has 212 valence electrons. The van der Waals surface area contributed by atoms with Crippen LogP contribution in [0.2, 0.25) is 0 Å². The van der Waals surface area contributed by atoms with Crippen LogP contribution in [0.4, 0.5) is 18.9 Å². The van der Waals surface area contributed by atoms with Crippen LogP contribution in [-0.4, -0.2) is 38.2 Å². The Morgan fingerprint density at radius 1 is 0.975 bits per heavy atom. The largest absolute Gasteiger partial charge is 0.466 e. The molecule has 40 heavy (non-hydrogen) atoms. The van der Waals surface area contributed by atoms with E-state index in [1.54, 1.807) is 13.8 Å². The van der Waals surface area contributed by atoms with Crippen molar-refractivity contribution in [2.75, 3.05) is 19.5 Å². The molecule has 0 amide bonds. The molecular weight excluding hydrogens is 531 g/mol. The molecule has 0 aliphatic rings. The lowest BCUT2D eigenvalue weighted by Crippen LogP contribution is -2.31. The summed E-state index contributed by atoms with van der Waals surface area (Å²) in [5, 5.41) is 11.8. The summed E-state index contributed by atoms with van der Waals surface area (Å²) in [4.78, 5) is 38.5. The molecule has 0 bridgehead atoms. The van der Waals surface area contributed by atoms with Crippen molar-refractivity contribution < 1.29 is 41.8 Å². The van der Waals surface area contributed by atoms with Crippen molar-refractivity contribution in [2.45, 2.75) is 39.0 Å². The summed E-state index contributed by atoms with van der Waals surface area (Å²) in [5.41, 5.74) is 5.74. The molecule has 0 radical (unpaired) electrons. The Morgan fingerprint density at radius 2 is 1.60 bits per heavy atom. The summed E-state index contributed by atoms with van der Waals surface area (Å²) < 4.78 is 54.7. The van der Waals surface area contributed by atoms with Crippen LogP contribution in [-0.2, 0) is 34.8 Å². The topological polar surface area (TPSA) is 141 Å². The molecule has 2 aromatic rings. The second kappa shape index (κ2) is 13.3. The number of carbonyl (C=O) groups is 3. The summed E-state index contributed by atoms with van der Waals surface area (Å²) in [6, 6.07) is 11.9. The molecule has 0 heterocycles. The monoisotopic (exact) mass is 559 g/mol. The SMILES string of the molecule is COC(=O)/C(=C(\N)Nc1cccc(C(F)(F)F)c1)C(C(C(=O)O[C@@H](C)C(=O)OC)=C(C)C)c1ccc(C#N)cc1. The predicted octanol–water partition coefficient (Wildman–Crippen LogP) is 4.56. The van der Waals surface area contributed by atoms with Crippen LogP contribution >= 0.6 is 0 Å². The van der Waals surface area contributed by atoms with Gasteiger partial charge in [-0.25, -0.2) is 14.4 Å². The minimum atomic E-state index is -4.64. The van der Waals surface area contributed by atoms with Gasteiger partial charge in [-0.1, -0.05) is 23.8 Å². The van der Waals surface area contributed by atoms with E-state index >= 15 is 0 Å². The van der Waals surface area contributed by atoms with Crippen LogP contribution < -0.4 is 11.1 Å². The molecule has 3 N–H and O–H groups in total. The lowest BCUT2D eigenvalue weighted by molar-refractivity contribution is -0.162. The molecule has 12 heteroatoms. The Labute approximate surface area is 229 Å². The number of alkyl halides is 3. The van der Waals surface area contributed by atoms with E-state index in [9.17, 15) is 32.8 Å². The zero-order chi connectivity index (χ0) is 30.2. The molecule has 0 saturated carbocycles. The summed E-state index contributed by atoms with van der Waals surface area (Å²) in [6.07, 6.45) is -5.94. The third-order valence-electron chi connectivity index (χ3n) is 5.69. The van der Waals surface area contributed by atoms with Crippen LogP contribution in [0.15, 0.2) is 71.1 Å². The van der Waals surface area contributed by atoms with Crippen LogP contribution in [0.25, 0.3) is 0 Å². The number of nitrogens with two attached hydrogens (primary N) is 1. The van der Waals surface area contributed by atoms with Crippen LogP contribution in [0.3, 0.4) is 0 Å². The molecule has 0 aliphatic heterocycles. The molecule has 2 aromatic carbocycles. The molecule has 9 nitrogen and oxygen atoms in total. The van der Waals surface area contributed by atoms with E-state index in [0.29, 0.717) is 11.1 Å². The van der Waals surface area contributed by atoms with Gasteiger partial charge in [0.25, 0.3) is 0 Å². The number of nitrogens with one attached hydrogen (secondary N) is 1. The molecular formula is C28H28F3N3O6. The number of hydrogen-bond acceptors (Lipinski definition) is 9. The fourth-order valence-electron chi connectivity index (χ4n) is 3.77. The summed E-state index contributed by atoms with van der Waals surface area (Å²) in [6.45, 7) is 4.41. The molecule has 0 aromatic heterocycles. The van der Waals surface area contributed by atoms with E-state index in [2.05, 4.69) is 10.1 Å². The molecule has 0 spiro atoms. The highest BCUT2D eigenvalue weighted by atomic mass is 19.4. The second-order valence-corrected chi connectivity index (χ2v) is 8.67. The first kappa shape index (κ1) is 31.4. The van der Waals surface area contributed by atoms with Gasteiger partial charge in [0.15, 0.2) is 6.10 Å². The Kier molecular flexibility index (Phi) is 10.5. The number of allylic oxidation sites excluding steroid dienone is 1. The molecule has 2 atom stereocenters. The van der Waals surface area contributed by atoms with Gasteiger partial charge in [0, 0.05) is 11.3 Å². The second-order valence-electron chi connectivity index (χ2n) is 8.67. The molecule has 0 fully saturated rings. The minimum absolute atomic E-state index is 0.0899. The van der Waals surface area contributed by atoms with Crippen LogP contribution in [0.1, 0.15) is 43.4 Å². The standard InChI is InChI=1S/C28H28F3N3O6/c1-15(2)21(27(37)40-16(3)25(35)38-4)22(18-11-9-17(14-32)10-12-18)23(26(36)39-5)24(33)34-20-8-6-7-19(13-20)28(29,30)31/h6-13,16,22,34H,33H2,1-5H3/b24-23+/t16-,22?/m0/s1. The van der Waals surface area contributed by atoms with Crippen molar-refractivity contribution in [3.63, 3.8) is 0 Å². The van der Waals surface area contributed by atoms with Gasteiger partial charge in [-0.15, -0.1) is 0 Å². The summed E-state index contributed by atoms with van der Waals surface area (Å²) in [5.74, 6) is -4.51. The summed E-state index contributed by atoms with van der Waals surface area (Å²) >= 11 is 0. The first-order chi connectivity index (χ1) is 18.7. The number of hydrogen-bond donors (Lipinski definition) is 2. The van der Waals surface area contributed by atoms with Gasteiger partial charge in [-0.05, 0) is 56.7 Å². The van der Waals surface area contributed by atoms with Gasteiger partial charge in [0.2, 0.25) is 0 Å². The number of nitriles is 1. The van der Waals surface area contributed by atoms with Crippen molar-refractivity contribution in [1.29, 1.82) is 5.26 Å². The highest BCUT2D eigenvalue weighted by Gasteiger charge is 2.36. The minimum Gasteiger partial charge on any atom is -0.466 e. The number of halogens is 3. The fraction of sp³-hybridized carbons (Fsp3) is 0.286. The van der Waals surface area contributed by atoms with Gasteiger partial charge in [0.1, 0.15) is 5.82 Å². The average Bonchev–Trinajstić information content (AvgIpc) is 2.91. The van der Waals surface area contributed by atoms with Crippen molar-refractivity contribution >= 4 is 23.6 Å². The lowest BCUT2D eigenvalue weighted by Gasteiger charge is -2.26.